The number of benzene rings is 4. The Labute approximate surface area is 170 Å². The van der Waals surface area contributed by atoms with Crippen molar-refractivity contribution in [2.45, 2.75) is 12.3 Å². The monoisotopic (exact) mass is 404 g/mol. The Bertz CT molecular complexity index is 1370. The maximum absolute atomic E-state index is 15.2. The van der Waals surface area contributed by atoms with E-state index in [9.17, 15) is 8.78 Å². The van der Waals surface area contributed by atoms with Gasteiger partial charge in [0.1, 0.15) is 11.6 Å². The molecular formula is C26H16F4. The maximum atomic E-state index is 15.2. The van der Waals surface area contributed by atoms with Crippen molar-refractivity contribution in [3.63, 3.8) is 0 Å². The van der Waals surface area contributed by atoms with E-state index in [1.807, 2.05) is 42.5 Å². The molecule has 1 aliphatic rings. The molecule has 1 aliphatic carbocycles. The summed E-state index contributed by atoms with van der Waals surface area (Å²) in [6.07, 6.45) is 8.45. The summed E-state index contributed by atoms with van der Waals surface area (Å²) in [5.41, 5.74) is 1.35. The predicted molar refractivity (Wildman–Crippen MR) is 112 cm³/mol. The van der Waals surface area contributed by atoms with Gasteiger partial charge in [0.15, 0.2) is 11.6 Å². The molecule has 0 aliphatic heterocycles. The molecule has 30 heavy (non-hydrogen) atoms. The molecule has 0 amide bonds. The summed E-state index contributed by atoms with van der Waals surface area (Å²) in [7, 11) is 0. The largest absolute Gasteiger partial charge is 0.206 e. The van der Waals surface area contributed by atoms with E-state index in [1.165, 1.54) is 6.07 Å². The lowest BCUT2D eigenvalue weighted by Crippen LogP contribution is -2.03. The number of hydrogen-bond acceptors (Lipinski definition) is 0. The van der Waals surface area contributed by atoms with Gasteiger partial charge >= 0.3 is 0 Å². The lowest BCUT2D eigenvalue weighted by molar-refractivity contribution is 0.509. The highest BCUT2D eigenvalue weighted by Gasteiger charge is 2.24. The molecule has 0 radical (unpaired) electrons. The van der Waals surface area contributed by atoms with Crippen LogP contribution in [-0.2, 0) is 0 Å². The number of allylic oxidation sites excluding steroid dienone is 4. The third-order valence-corrected chi connectivity index (χ3v) is 5.67. The Balaban J connectivity index is 2.00. The molecule has 0 spiro atoms. The van der Waals surface area contributed by atoms with E-state index >= 15 is 8.78 Å². The minimum atomic E-state index is -1.04. The van der Waals surface area contributed by atoms with Gasteiger partial charge in [0.2, 0.25) is 0 Å². The quantitative estimate of drug-likeness (QED) is 0.236. The predicted octanol–water partition coefficient (Wildman–Crippen LogP) is 7.82. The van der Waals surface area contributed by atoms with Crippen LogP contribution < -0.4 is 0 Å². The third-order valence-electron chi connectivity index (χ3n) is 5.67. The molecule has 0 saturated heterocycles. The summed E-state index contributed by atoms with van der Waals surface area (Å²) in [5, 5.41) is 1.69. The number of rotatable bonds is 2. The fourth-order valence-electron chi connectivity index (χ4n) is 4.40. The molecule has 0 bridgehead atoms. The molecule has 4 aromatic rings. The summed E-state index contributed by atoms with van der Waals surface area (Å²) in [4.78, 5) is 0. The van der Waals surface area contributed by atoms with E-state index in [2.05, 4.69) is 0 Å². The van der Waals surface area contributed by atoms with Crippen molar-refractivity contribution < 1.29 is 17.6 Å². The van der Waals surface area contributed by atoms with Crippen molar-refractivity contribution >= 4 is 21.5 Å². The van der Waals surface area contributed by atoms with Crippen molar-refractivity contribution in [3.05, 3.63) is 108 Å². The summed E-state index contributed by atoms with van der Waals surface area (Å²) in [6.45, 7) is 0. The zero-order chi connectivity index (χ0) is 20.8. The molecule has 0 aromatic heterocycles. The van der Waals surface area contributed by atoms with E-state index in [0.29, 0.717) is 28.5 Å². The SMILES string of the molecule is Fc1ccc(-c2c3ccccc3c(C3C=CC=CC3)c3c(F)ccc(F)c23)cc1F. The molecule has 4 heteroatoms. The highest BCUT2D eigenvalue weighted by molar-refractivity contribution is 6.15. The van der Waals surface area contributed by atoms with Crippen LogP contribution in [0.3, 0.4) is 0 Å². The Morgan fingerprint density at radius 2 is 1.37 bits per heavy atom. The first kappa shape index (κ1) is 18.6. The Morgan fingerprint density at radius 3 is 2.07 bits per heavy atom. The van der Waals surface area contributed by atoms with Crippen LogP contribution in [-0.4, -0.2) is 0 Å². The number of halogens is 4. The third kappa shape index (κ3) is 2.83. The molecule has 5 rings (SSSR count). The van der Waals surface area contributed by atoms with Crippen molar-refractivity contribution in [2.75, 3.05) is 0 Å². The van der Waals surface area contributed by atoms with Crippen LogP contribution in [0.2, 0.25) is 0 Å². The van der Waals surface area contributed by atoms with Gasteiger partial charge in [0.25, 0.3) is 0 Å². The standard InChI is InChI=1S/C26H16F4/c27-19-11-10-16(14-22(19)30)24-18-9-5-4-8-17(18)23(15-6-2-1-3-7-15)25-20(28)12-13-21(29)26(24)25/h1-6,8-15H,7H2. The van der Waals surface area contributed by atoms with Gasteiger partial charge in [-0.2, -0.15) is 0 Å². The normalized spacial score (nSPS) is 15.9. The first-order valence-electron chi connectivity index (χ1n) is 9.67. The summed E-state index contributed by atoms with van der Waals surface area (Å²) >= 11 is 0. The second-order valence-corrected chi connectivity index (χ2v) is 7.40. The van der Waals surface area contributed by atoms with Crippen LogP contribution in [0.5, 0.6) is 0 Å². The molecule has 148 valence electrons. The molecule has 0 fully saturated rings. The van der Waals surface area contributed by atoms with Crippen molar-refractivity contribution in [1.82, 2.24) is 0 Å². The highest BCUT2D eigenvalue weighted by atomic mass is 19.2. The molecule has 0 heterocycles. The topological polar surface area (TPSA) is 0 Å². The Morgan fingerprint density at radius 1 is 0.667 bits per heavy atom. The average Bonchev–Trinajstić information content (AvgIpc) is 2.77. The lowest BCUT2D eigenvalue weighted by atomic mass is 9.81. The molecule has 0 nitrogen and oxygen atoms in total. The van der Waals surface area contributed by atoms with E-state index < -0.39 is 23.3 Å². The van der Waals surface area contributed by atoms with E-state index in [1.54, 1.807) is 6.07 Å². The fraction of sp³-hybridized carbons (Fsp3) is 0.0769. The minimum Gasteiger partial charge on any atom is -0.206 e. The van der Waals surface area contributed by atoms with Gasteiger partial charge in [-0.05, 0) is 52.6 Å². The minimum absolute atomic E-state index is 0.0812. The molecular weight excluding hydrogens is 388 g/mol. The summed E-state index contributed by atoms with van der Waals surface area (Å²) < 4.78 is 58.0. The summed E-state index contributed by atoms with van der Waals surface area (Å²) in [6, 6.07) is 12.9. The van der Waals surface area contributed by atoms with E-state index in [4.69, 9.17) is 0 Å². The molecule has 1 atom stereocenters. The molecule has 1 unspecified atom stereocenters. The first-order valence-corrected chi connectivity index (χ1v) is 9.67. The lowest BCUT2D eigenvalue weighted by Gasteiger charge is -2.23. The zero-order valence-corrected chi connectivity index (χ0v) is 15.8. The molecule has 0 saturated carbocycles. The fourth-order valence-corrected chi connectivity index (χ4v) is 4.40. The van der Waals surface area contributed by atoms with Crippen LogP contribution >= 0.6 is 0 Å². The smallest absolute Gasteiger partial charge is 0.159 e. The van der Waals surface area contributed by atoms with Crippen molar-refractivity contribution in [1.29, 1.82) is 0 Å². The van der Waals surface area contributed by atoms with Gasteiger partial charge in [-0.25, -0.2) is 17.6 Å². The van der Waals surface area contributed by atoms with Crippen LogP contribution in [0, 0.1) is 23.3 Å². The van der Waals surface area contributed by atoms with Gasteiger partial charge in [0, 0.05) is 22.3 Å². The second kappa shape index (κ2) is 7.13. The second-order valence-electron chi connectivity index (χ2n) is 7.40. The van der Waals surface area contributed by atoms with Crippen LogP contribution in [0.1, 0.15) is 17.9 Å². The van der Waals surface area contributed by atoms with Crippen LogP contribution in [0.4, 0.5) is 17.6 Å². The van der Waals surface area contributed by atoms with Gasteiger partial charge < -0.3 is 0 Å². The van der Waals surface area contributed by atoms with Crippen molar-refractivity contribution in [2.24, 2.45) is 0 Å². The first-order chi connectivity index (χ1) is 14.6. The van der Waals surface area contributed by atoms with Crippen molar-refractivity contribution in [3.8, 4) is 11.1 Å². The summed E-state index contributed by atoms with van der Waals surface area (Å²) in [5.74, 6) is -3.30. The molecule has 0 N–H and O–H groups in total. The zero-order valence-electron chi connectivity index (χ0n) is 15.8. The van der Waals surface area contributed by atoms with Gasteiger partial charge in [-0.1, -0.05) is 54.6 Å². The number of hydrogen-bond donors (Lipinski definition) is 0. The van der Waals surface area contributed by atoms with Crippen LogP contribution in [0.25, 0.3) is 32.7 Å². The van der Waals surface area contributed by atoms with Gasteiger partial charge in [-0.15, -0.1) is 0 Å². The average molecular weight is 404 g/mol. The van der Waals surface area contributed by atoms with Crippen LogP contribution in [0.15, 0.2) is 78.9 Å². The van der Waals surface area contributed by atoms with E-state index in [0.717, 1.165) is 29.7 Å². The highest BCUT2D eigenvalue weighted by Crippen LogP contribution is 2.45. The Hall–Kier alpha value is -3.40. The van der Waals surface area contributed by atoms with E-state index in [-0.39, 0.29) is 16.7 Å². The maximum Gasteiger partial charge on any atom is 0.159 e. The van der Waals surface area contributed by atoms with Gasteiger partial charge in [-0.3, -0.25) is 0 Å². The Kier molecular flexibility index (Phi) is 4.43. The van der Waals surface area contributed by atoms with Gasteiger partial charge in [0.05, 0.1) is 0 Å². The number of fused-ring (bicyclic) bond motifs is 2. The molecule has 4 aromatic carbocycles.